The molecule has 0 spiro atoms. The fourth-order valence-corrected chi connectivity index (χ4v) is 3.42. The molecule has 0 amide bonds. The van der Waals surface area contributed by atoms with Gasteiger partial charge in [-0.3, -0.25) is 0 Å². The highest BCUT2D eigenvalue weighted by Crippen LogP contribution is 2.38. The van der Waals surface area contributed by atoms with Crippen LogP contribution >= 0.6 is 15.9 Å². The average molecular weight is 440 g/mol. The Morgan fingerprint density at radius 1 is 1.25 bits per heavy atom. The zero-order valence-electron chi connectivity index (χ0n) is 16.2. The van der Waals surface area contributed by atoms with Crippen molar-refractivity contribution in [3.05, 3.63) is 51.8 Å². The summed E-state index contributed by atoms with van der Waals surface area (Å²) in [7, 11) is 0. The molecule has 1 N–H and O–H groups in total. The molecule has 28 heavy (non-hydrogen) atoms. The van der Waals surface area contributed by atoms with Gasteiger partial charge in [-0.05, 0) is 77.7 Å². The van der Waals surface area contributed by atoms with Crippen LogP contribution in [0.4, 0.5) is 0 Å². The summed E-state index contributed by atoms with van der Waals surface area (Å²) in [5, 5.41) is 9.69. The Hall–Kier alpha value is -2.78. The predicted molar refractivity (Wildman–Crippen MR) is 115 cm³/mol. The van der Waals surface area contributed by atoms with E-state index in [2.05, 4.69) is 38.9 Å². The van der Waals surface area contributed by atoms with E-state index in [1.807, 2.05) is 44.2 Å². The molecule has 3 rings (SSSR count). The smallest absolute Gasteiger partial charge is 0.175 e. The van der Waals surface area contributed by atoms with Gasteiger partial charge < -0.3 is 14.5 Å². The van der Waals surface area contributed by atoms with Crippen LogP contribution in [0.2, 0.25) is 0 Å². The molecule has 1 aromatic heterocycles. The molecule has 144 valence electrons. The van der Waals surface area contributed by atoms with Gasteiger partial charge in [-0.15, -0.1) is 0 Å². The van der Waals surface area contributed by atoms with Gasteiger partial charge in [-0.1, -0.05) is 13.0 Å². The molecule has 0 fully saturated rings. The maximum absolute atomic E-state index is 9.69. The number of allylic oxidation sites excluding steroid dienone is 1. The number of nitrogens with one attached hydrogen (secondary N) is 1. The number of rotatable bonds is 7. The minimum Gasteiger partial charge on any atom is -0.490 e. The maximum atomic E-state index is 9.69. The number of aromatic nitrogens is 2. The quantitative estimate of drug-likeness (QED) is 0.466. The van der Waals surface area contributed by atoms with Gasteiger partial charge in [0.05, 0.1) is 34.3 Å². The predicted octanol–water partition coefficient (Wildman–Crippen LogP) is 5.89. The molecule has 0 aliphatic heterocycles. The molecule has 5 nitrogen and oxygen atoms in total. The van der Waals surface area contributed by atoms with Gasteiger partial charge in [0.2, 0.25) is 0 Å². The number of hydrogen-bond donors (Lipinski definition) is 1. The Morgan fingerprint density at radius 2 is 2.07 bits per heavy atom. The Balaban J connectivity index is 2.02. The number of imidazole rings is 1. The van der Waals surface area contributed by atoms with E-state index in [-0.39, 0.29) is 0 Å². The fourth-order valence-electron chi connectivity index (χ4n) is 2.85. The van der Waals surface area contributed by atoms with Gasteiger partial charge in [0.25, 0.3) is 0 Å². The minimum absolute atomic E-state index is 0.449. The van der Waals surface area contributed by atoms with Crippen molar-refractivity contribution in [2.75, 3.05) is 13.2 Å². The van der Waals surface area contributed by atoms with Crippen molar-refractivity contribution in [3.63, 3.8) is 0 Å². The van der Waals surface area contributed by atoms with Crippen LogP contribution < -0.4 is 9.47 Å². The van der Waals surface area contributed by atoms with Crippen molar-refractivity contribution >= 4 is 38.6 Å². The lowest BCUT2D eigenvalue weighted by Crippen LogP contribution is -2.01. The Bertz CT molecular complexity index is 1060. The first-order valence-electron chi connectivity index (χ1n) is 9.23. The molecular weight excluding hydrogens is 418 g/mol. The van der Waals surface area contributed by atoms with Crippen LogP contribution in [0.25, 0.3) is 22.7 Å². The number of hydrogen-bond acceptors (Lipinski definition) is 4. The van der Waals surface area contributed by atoms with Crippen molar-refractivity contribution in [2.24, 2.45) is 0 Å². The fraction of sp³-hybridized carbons (Fsp3) is 0.273. The third-order valence-electron chi connectivity index (χ3n) is 4.11. The number of benzene rings is 2. The summed E-state index contributed by atoms with van der Waals surface area (Å²) in [6.45, 7) is 7.14. The molecular formula is C22H22BrN3O2. The highest BCUT2D eigenvalue weighted by molar-refractivity contribution is 9.10. The third-order valence-corrected chi connectivity index (χ3v) is 4.70. The first kappa shape index (κ1) is 20.0. The summed E-state index contributed by atoms with van der Waals surface area (Å²) in [6.07, 6.45) is 2.70. The number of nitrogens with zero attached hydrogens (tertiary/aromatic N) is 2. The second-order valence-corrected chi connectivity index (χ2v) is 7.24. The average Bonchev–Trinajstić information content (AvgIpc) is 3.08. The van der Waals surface area contributed by atoms with Gasteiger partial charge in [-0.2, -0.15) is 5.26 Å². The molecule has 0 bridgehead atoms. The first-order chi connectivity index (χ1) is 13.5. The van der Waals surface area contributed by atoms with E-state index in [1.165, 1.54) is 0 Å². The topological polar surface area (TPSA) is 70.9 Å². The van der Waals surface area contributed by atoms with Gasteiger partial charge in [0.15, 0.2) is 11.5 Å². The van der Waals surface area contributed by atoms with E-state index < -0.39 is 0 Å². The third kappa shape index (κ3) is 4.37. The lowest BCUT2D eigenvalue weighted by molar-refractivity contribution is 0.275. The van der Waals surface area contributed by atoms with Crippen LogP contribution in [0.5, 0.6) is 11.5 Å². The molecule has 0 unspecified atom stereocenters. The number of halogens is 1. The summed E-state index contributed by atoms with van der Waals surface area (Å²) in [5.41, 5.74) is 4.16. The van der Waals surface area contributed by atoms with Crippen LogP contribution in [0.3, 0.4) is 0 Å². The van der Waals surface area contributed by atoms with Crippen molar-refractivity contribution in [1.82, 2.24) is 9.97 Å². The molecule has 3 aromatic rings. The summed E-state index contributed by atoms with van der Waals surface area (Å²) in [6, 6.07) is 12.0. The molecule has 1 heterocycles. The van der Waals surface area contributed by atoms with Gasteiger partial charge >= 0.3 is 0 Å². The number of nitriles is 1. The second kappa shape index (κ2) is 8.94. The highest BCUT2D eigenvalue weighted by atomic mass is 79.9. The van der Waals surface area contributed by atoms with Crippen LogP contribution in [0, 0.1) is 18.3 Å². The molecule has 0 atom stereocenters. The highest BCUT2D eigenvalue weighted by Gasteiger charge is 2.13. The van der Waals surface area contributed by atoms with Crippen molar-refractivity contribution < 1.29 is 9.47 Å². The van der Waals surface area contributed by atoms with E-state index >= 15 is 0 Å². The van der Waals surface area contributed by atoms with Crippen LogP contribution in [-0.4, -0.2) is 23.2 Å². The molecule has 0 saturated heterocycles. The van der Waals surface area contributed by atoms with Crippen LogP contribution in [-0.2, 0) is 0 Å². The maximum Gasteiger partial charge on any atom is 0.175 e. The minimum atomic E-state index is 0.449. The van der Waals surface area contributed by atoms with E-state index in [1.54, 1.807) is 6.08 Å². The van der Waals surface area contributed by atoms with Crippen LogP contribution in [0.15, 0.2) is 34.8 Å². The normalized spacial score (nSPS) is 11.5. The lowest BCUT2D eigenvalue weighted by atomic mass is 10.1. The van der Waals surface area contributed by atoms with Gasteiger partial charge in [0.1, 0.15) is 11.9 Å². The van der Waals surface area contributed by atoms with Gasteiger partial charge in [-0.25, -0.2) is 4.98 Å². The summed E-state index contributed by atoms with van der Waals surface area (Å²) in [4.78, 5) is 7.78. The Labute approximate surface area is 173 Å². The SMILES string of the molecule is CCCOc1c(Br)cc(/C=C(/C#N)c2nc3ccc(C)cc3[nH]2)cc1OCC. The number of aryl methyl sites for hydroxylation is 1. The number of H-pyrrole nitrogens is 1. The van der Waals surface area contributed by atoms with Crippen molar-refractivity contribution in [3.8, 4) is 17.6 Å². The zero-order chi connectivity index (χ0) is 20.1. The molecule has 0 aliphatic rings. The lowest BCUT2D eigenvalue weighted by Gasteiger charge is -2.14. The Morgan fingerprint density at radius 3 is 2.79 bits per heavy atom. The number of fused-ring (bicyclic) bond motifs is 1. The second-order valence-electron chi connectivity index (χ2n) is 6.39. The van der Waals surface area contributed by atoms with Crippen molar-refractivity contribution in [1.29, 1.82) is 5.26 Å². The molecule has 0 saturated carbocycles. The summed E-state index contributed by atoms with van der Waals surface area (Å²) < 4.78 is 12.4. The first-order valence-corrected chi connectivity index (χ1v) is 10.0. The van der Waals surface area contributed by atoms with E-state index in [9.17, 15) is 5.26 Å². The molecule has 0 radical (unpaired) electrons. The van der Waals surface area contributed by atoms with Gasteiger partial charge in [0, 0.05) is 0 Å². The Kier molecular flexibility index (Phi) is 6.37. The van der Waals surface area contributed by atoms with E-state index in [0.717, 1.165) is 33.1 Å². The standard InChI is InChI=1S/C22H22BrN3O2/c1-4-8-28-21-17(23)11-15(12-20(21)27-5-2)10-16(13-24)22-25-18-7-6-14(3)9-19(18)26-22/h6-7,9-12H,4-5,8H2,1-3H3,(H,25,26)/b16-10-. The molecule has 0 aliphatic carbocycles. The molecule has 6 heteroatoms. The van der Waals surface area contributed by atoms with E-state index in [4.69, 9.17) is 9.47 Å². The monoisotopic (exact) mass is 439 g/mol. The van der Waals surface area contributed by atoms with Crippen molar-refractivity contribution in [2.45, 2.75) is 27.2 Å². The van der Waals surface area contributed by atoms with Crippen LogP contribution in [0.1, 0.15) is 37.2 Å². The summed E-state index contributed by atoms with van der Waals surface area (Å²) >= 11 is 3.56. The van der Waals surface area contributed by atoms with E-state index in [0.29, 0.717) is 36.1 Å². The number of aromatic amines is 1. The number of ether oxygens (including phenoxy) is 2. The summed E-state index contributed by atoms with van der Waals surface area (Å²) in [5.74, 6) is 1.87. The zero-order valence-corrected chi connectivity index (χ0v) is 17.8. The molecule has 2 aromatic carbocycles. The largest absolute Gasteiger partial charge is 0.490 e.